The van der Waals surface area contributed by atoms with E-state index in [4.69, 9.17) is 5.11 Å². The number of aliphatic carboxylic acids is 1. The van der Waals surface area contributed by atoms with Crippen LogP contribution in [0.25, 0.3) is 0 Å². The molecule has 1 amide bonds. The van der Waals surface area contributed by atoms with Gasteiger partial charge in [-0.25, -0.2) is 5.01 Å². The second-order valence-electron chi connectivity index (χ2n) is 4.25. The standard InChI is InChI=1S/C10H16N2O3/c1-7(10(14)15)11-6-5-9(13)12(11)8-3-2-4-8/h7-8H,2-6H2,1H3,(H,14,15). The number of rotatable bonds is 3. The van der Waals surface area contributed by atoms with Crippen LogP contribution in [0.4, 0.5) is 0 Å². The quantitative estimate of drug-likeness (QED) is 0.738. The van der Waals surface area contributed by atoms with Gasteiger partial charge in [0, 0.05) is 19.0 Å². The van der Waals surface area contributed by atoms with E-state index < -0.39 is 12.0 Å². The average Bonchev–Trinajstić information content (AvgIpc) is 2.45. The zero-order chi connectivity index (χ0) is 11.0. The fourth-order valence-electron chi connectivity index (χ4n) is 2.13. The zero-order valence-electron chi connectivity index (χ0n) is 8.85. The molecule has 0 bridgehead atoms. The number of carboxylic acid groups (broad SMARTS) is 1. The minimum Gasteiger partial charge on any atom is -0.480 e. The smallest absolute Gasteiger partial charge is 0.322 e. The molecule has 1 heterocycles. The molecule has 5 heteroatoms. The van der Waals surface area contributed by atoms with E-state index in [0.29, 0.717) is 13.0 Å². The average molecular weight is 212 g/mol. The van der Waals surface area contributed by atoms with Crippen LogP contribution in [-0.2, 0) is 9.59 Å². The summed E-state index contributed by atoms with van der Waals surface area (Å²) in [7, 11) is 0. The summed E-state index contributed by atoms with van der Waals surface area (Å²) in [5, 5.41) is 12.3. The summed E-state index contributed by atoms with van der Waals surface area (Å²) in [5.74, 6) is -0.790. The molecule has 1 saturated heterocycles. The summed E-state index contributed by atoms with van der Waals surface area (Å²) >= 11 is 0. The third kappa shape index (κ3) is 1.71. The normalized spacial score (nSPS) is 25.4. The highest BCUT2D eigenvalue weighted by Crippen LogP contribution is 2.30. The minimum atomic E-state index is -0.867. The maximum Gasteiger partial charge on any atom is 0.322 e. The van der Waals surface area contributed by atoms with E-state index in [-0.39, 0.29) is 11.9 Å². The molecule has 2 rings (SSSR count). The van der Waals surface area contributed by atoms with Crippen molar-refractivity contribution in [1.82, 2.24) is 10.0 Å². The second kappa shape index (κ2) is 3.81. The predicted octanol–water partition coefficient (Wildman–Crippen LogP) is 0.461. The van der Waals surface area contributed by atoms with Crippen molar-refractivity contribution in [2.24, 2.45) is 0 Å². The van der Waals surface area contributed by atoms with Gasteiger partial charge in [0.2, 0.25) is 5.91 Å². The van der Waals surface area contributed by atoms with Crippen LogP contribution < -0.4 is 0 Å². The molecule has 5 nitrogen and oxygen atoms in total. The molecule has 0 spiro atoms. The number of hydrazine groups is 1. The SMILES string of the molecule is CC(C(=O)O)N1CCC(=O)N1C1CCC1. The van der Waals surface area contributed by atoms with Crippen LogP contribution in [0, 0.1) is 0 Å². The molecule has 1 aliphatic carbocycles. The molecular weight excluding hydrogens is 196 g/mol. The van der Waals surface area contributed by atoms with Crippen molar-refractivity contribution >= 4 is 11.9 Å². The summed E-state index contributed by atoms with van der Waals surface area (Å²) in [6.45, 7) is 2.18. The number of hydrogen-bond donors (Lipinski definition) is 1. The first-order chi connectivity index (χ1) is 7.11. The van der Waals surface area contributed by atoms with E-state index in [0.717, 1.165) is 19.3 Å². The van der Waals surface area contributed by atoms with Crippen molar-refractivity contribution in [3.63, 3.8) is 0 Å². The van der Waals surface area contributed by atoms with Crippen molar-refractivity contribution in [2.45, 2.75) is 44.7 Å². The van der Waals surface area contributed by atoms with Gasteiger partial charge in [0.1, 0.15) is 6.04 Å². The van der Waals surface area contributed by atoms with Gasteiger partial charge in [0.05, 0.1) is 0 Å². The van der Waals surface area contributed by atoms with Gasteiger partial charge < -0.3 is 5.11 Å². The minimum absolute atomic E-state index is 0.0767. The molecule has 1 N–H and O–H groups in total. The lowest BCUT2D eigenvalue weighted by atomic mass is 9.92. The van der Waals surface area contributed by atoms with Gasteiger partial charge in [0.25, 0.3) is 0 Å². The molecule has 0 aromatic heterocycles. The summed E-state index contributed by atoms with van der Waals surface area (Å²) < 4.78 is 0. The highest BCUT2D eigenvalue weighted by atomic mass is 16.4. The van der Waals surface area contributed by atoms with E-state index in [1.807, 2.05) is 0 Å². The highest BCUT2D eigenvalue weighted by Gasteiger charge is 2.41. The zero-order valence-corrected chi connectivity index (χ0v) is 8.85. The Morgan fingerprint density at radius 1 is 1.53 bits per heavy atom. The Morgan fingerprint density at radius 2 is 2.20 bits per heavy atom. The molecule has 0 radical (unpaired) electrons. The maximum atomic E-state index is 11.6. The van der Waals surface area contributed by atoms with Gasteiger partial charge in [-0.05, 0) is 26.2 Å². The Labute approximate surface area is 88.6 Å². The summed E-state index contributed by atoms with van der Waals surface area (Å²) in [4.78, 5) is 22.5. The van der Waals surface area contributed by atoms with Crippen LogP contribution in [0.1, 0.15) is 32.6 Å². The van der Waals surface area contributed by atoms with Gasteiger partial charge in [-0.1, -0.05) is 0 Å². The molecule has 1 atom stereocenters. The molecule has 2 aliphatic rings. The van der Waals surface area contributed by atoms with Crippen molar-refractivity contribution in [2.75, 3.05) is 6.54 Å². The van der Waals surface area contributed by atoms with Gasteiger partial charge >= 0.3 is 5.97 Å². The Balaban J connectivity index is 2.09. The van der Waals surface area contributed by atoms with Crippen molar-refractivity contribution < 1.29 is 14.7 Å². The Bertz CT molecular complexity index is 288. The summed E-state index contributed by atoms with van der Waals surface area (Å²) in [6, 6.07) is -0.348. The topological polar surface area (TPSA) is 60.9 Å². The van der Waals surface area contributed by atoms with Crippen molar-refractivity contribution in [3.05, 3.63) is 0 Å². The van der Waals surface area contributed by atoms with Gasteiger partial charge in [-0.3, -0.25) is 14.6 Å². The molecule has 84 valence electrons. The number of carbonyl (C=O) groups is 2. The fraction of sp³-hybridized carbons (Fsp3) is 0.800. The van der Waals surface area contributed by atoms with Crippen LogP contribution in [-0.4, -0.2) is 45.6 Å². The van der Waals surface area contributed by atoms with E-state index in [1.54, 1.807) is 16.9 Å². The van der Waals surface area contributed by atoms with E-state index >= 15 is 0 Å². The lowest BCUT2D eigenvalue weighted by molar-refractivity contribution is -0.161. The lowest BCUT2D eigenvalue weighted by Crippen LogP contribution is -2.54. The van der Waals surface area contributed by atoms with Crippen LogP contribution in [0.3, 0.4) is 0 Å². The Morgan fingerprint density at radius 3 is 2.67 bits per heavy atom. The fourth-order valence-corrected chi connectivity index (χ4v) is 2.13. The first kappa shape index (κ1) is 10.4. The van der Waals surface area contributed by atoms with Crippen molar-refractivity contribution in [1.29, 1.82) is 0 Å². The third-order valence-corrected chi connectivity index (χ3v) is 3.31. The molecule has 1 saturated carbocycles. The first-order valence-electron chi connectivity index (χ1n) is 5.42. The van der Waals surface area contributed by atoms with Crippen LogP contribution in [0.2, 0.25) is 0 Å². The van der Waals surface area contributed by atoms with Gasteiger partial charge in [0.15, 0.2) is 0 Å². The number of carbonyl (C=O) groups excluding carboxylic acids is 1. The number of carboxylic acids is 1. The molecule has 0 aromatic rings. The van der Waals surface area contributed by atoms with Crippen LogP contribution in [0.15, 0.2) is 0 Å². The van der Waals surface area contributed by atoms with Gasteiger partial charge in [-0.2, -0.15) is 0 Å². The molecule has 2 fully saturated rings. The molecule has 15 heavy (non-hydrogen) atoms. The van der Waals surface area contributed by atoms with Crippen LogP contribution >= 0.6 is 0 Å². The predicted molar refractivity (Wildman–Crippen MR) is 52.9 cm³/mol. The van der Waals surface area contributed by atoms with Crippen molar-refractivity contribution in [3.8, 4) is 0 Å². The monoisotopic (exact) mass is 212 g/mol. The first-order valence-corrected chi connectivity index (χ1v) is 5.42. The Hall–Kier alpha value is -1.10. The largest absolute Gasteiger partial charge is 0.480 e. The molecule has 1 aliphatic heterocycles. The molecule has 0 aromatic carbocycles. The highest BCUT2D eigenvalue weighted by molar-refractivity contribution is 5.80. The van der Waals surface area contributed by atoms with E-state index in [1.165, 1.54) is 0 Å². The van der Waals surface area contributed by atoms with Gasteiger partial charge in [-0.15, -0.1) is 0 Å². The third-order valence-electron chi connectivity index (χ3n) is 3.31. The number of amides is 1. The molecule has 1 unspecified atom stereocenters. The summed E-state index contributed by atoms with van der Waals surface area (Å²) in [5.41, 5.74) is 0. The van der Waals surface area contributed by atoms with Crippen LogP contribution in [0.5, 0.6) is 0 Å². The summed E-state index contributed by atoms with van der Waals surface area (Å²) in [6.07, 6.45) is 3.61. The molecular formula is C10H16N2O3. The number of hydrogen-bond acceptors (Lipinski definition) is 3. The Kier molecular flexibility index (Phi) is 2.65. The maximum absolute atomic E-state index is 11.6. The van der Waals surface area contributed by atoms with E-state index in [2.05, 4.69) is 0 Å². The lowest BCUT2D eigenvalue weighted by Gasteiger charge is -2.41. The number of nitrogens with zero attached hydrogens (tertiary/aromatic N) is 2. The van der Waals surface area contributed by atoms with E-state index in [9.17, 15) is 9.59 Å². The second-order valence-corrected chi connectivity index (χ2v) is 4.25.